The standard InChI is InChI=1S/C16H23N3S/c1-11-9-14-15(10-12(11)2)19-16(18-14)20-8-6-13-5-3-4-7-17-13/h9-10,13,17H,3-8H2,1-2H3,(H,18,19). The van der Waals surface area contributed by atoms with E-state index in [9.17, 15) is 0 Å². The van der Waals surface area contributed by atoms with E-state index in [2.05, 4.69) is 41.3 Å². The Morgan fingerprint density at radius 1 is 1.25 bits per heavy atom. The number of nitrogens with zero attached hydrogens (tertiary/aromatic N) is 1. The summed E-state index contributed by atoms with van der Waals surface area (Å²) < 4.78 is 0. The molecule has 0 aliphatic carbocycles. The molecule has 0 amide bonds. The fourth-order valence-electron chi connectivity index (χ4n) is 2.78. The Hall–Kier alpha value is -1.00. The normalized spacial score (nSPS) is 19.6. The molecule has 2 heterocycles. The van der Waals surface area contributed by atoms with Crippen molar-refractivity contribution in [2.45, 2.75) is 50.7 Å². The summed E-state index contributed by atoms with van der Waals surface area (Å²) in [6, 6.07) is 5.09. The first-order chi connectivity index (χ1) is 9.72. The molecule has 1 fully saturated rings. The van der Waals surface area contributed by atoms with Gasteiger partial charge in [0.1, 0.15) is 0 Å². The van der Waals surface area contributed by atoms with Crippen LogP contribution in [0.15, 0.2) is 17.3 Å². The predicted octanol–water partition coefficient (Wildman–Crippen LogP) is 3.80. The number of benzene rings is 1. The van der Waals surface area contributed by atoms with Crippen LogP contribution in [0.3, 0.4) is 0 Å². The Morgan fingerprint density at radius 2 is 2.10 bits per heavy atom. The molecule has 0 spiro atoms. The molecule has 0 saturated carbocycles. The molecule has 3 rings (SSSR count). The van der Waals surface area contributed by atoms with Crippen LogP contribution >= 0.6 is 11.8 Å². The molecule has 1 aliphatic rings. The summed E-state index contributed by atoms with van der Waals surface area (Å²) in [7, 11) is 0. The smallest absolute Gasteiger partial charge is 0.166 e. The summed E-state index contributed by atoms with van der Waals surface area (Å²) in [6.07, 6.45) is 5.29. The van der Waals surface area contributed by atoms with Crippen molar-refractivity contribution in [2.24, 2.45) is 0 Å². The second kappa shape index (κ2) is 6.19. The number of hydrogen-bond donors (Lipinski definition) is 2. The fourth-order valence-corrected chi connectivity index (χ4v) is 3.72. The molecular formula is C16H23N3S. The Labute approximate surface area is 124 Å². The van der Waals surface area contributed by atoms with Crippen LogP contribution in [0.4, 0.5) is 0 Å². The van der Waals surface area contributed by atoms with Crippen molar-refractivity contribution in [3.05, 3.63) is 23.3 Å². The van der Waals surface area contributed by atoms with Crippen molar-refractivity contribution in [2.75, 3.05) is 12.3 Å². The topological polar surface area (TPSA) is 40.7 Å². The first kappa shape index (κ1) is 14.0. The molecule has 2 aromatic rings. The molecule has 0 bridgehead atoms. The lowest BCUT2D eigenvalue weighted by Crippen LogP contribution is -2.34. The molecular weight excluding hydrogens is 266 g/mol. The van der Waals surface area contributed by atoms with E-state index in [4.69, 9.17) is 0 Å². The highest BCUT2D eigenvalue weighted by Gasteiger charge is 2.12. The zero-order valence-corrected chi connectivity index (χ0v) is 13.1. The maximum absolute atomic E-state index is 4.68. The van der Waals surface area contributed by atoms with E-state index in [-0.39, 0.29) is 0 Å². The lowest BCUT2D eigenvalue weighted by molar-refractivity contribution is 0.394. The summed E-state index contributed by atoms with van der Waals surface area (Å²) in [5.74, 6) is 1.13. The van der Waals surface area contributed by atoms with E-state index in [1.54, 1.807) is 0 Å². The molecule has 2 N–H and O–H groups in total. The van der Waals surface area contributed by atoms with Crippen molar-refractivity contribution in [1.29, 1.82) is 0 Å². The number of aryl methyl sites for hydroxylation is 2. The zero-order chi connectivity index (χ0) is 13.9. The number of imidazole rings is 1. The molecule has 108 valence electrons. The Bertz CT molecular complexity index is 546. The number of fused-ring (bicyclic) bond motifs is 1. The Balaban J connectivity index is 1.60. The number of thioether (sulfide) groups is 1. The largest absolute Gasteiger partial charge is 0.333 e. The van der Waals surface area contributed by atoms with Crippen molar-refractivity contribution >= 4 is 22.8 Å². The molecule has 3 nitrogen and oxygen atoms in total. The van der Waals surface area contributed by atoms with Crippen LogP contribution < -0.4 is 5.32 Å². The minimum atomic E-state index is 0.713. The van der Waals surface area contributed by atoms with Crippen LogP contribution in [0.5, 0.6) is 0 Å². The predicted molar refractivity (Wildman–Crippen MR) is 86.6 cm³/mol. The van der Waals surface area contributed by atoms with Crippen molar-refractivity contribution < 1.29 is 0 Å². The van der Waals surface area contributed by atoms with Gasteiger partial charge in [0.25, 0.3) is 0 Å². The maximum Gasteiger partial charge on any atom is 0.166 e. The van der Waals surface area contributed by atoms with E-state index < -0.39 is 0 Å². The highest BCUT2D eigenvalue weighted by atomic mass is 32.2. The number of hydrogen-bond acceptors (Lipinski definition) is 3. The highest BCUT2D eigenvalue weighted by Crippen LogP contribution is 2.23. The minimum absolute atomic E-state index is 0.713. The zero-order valence-electron chi connectivity index (χ0n) is 12.3. The second-order valence-electron chi connectivity index (χ2n) is 5.78. The van der Waals surface area contributed by atoms with E-state index in [0.29, 0.717) is 6.04 Å². The van der Waals surface area contributed by atoms with Gasteiger partial charge in [0.15, 0.2) is 5.16 Å². The molecule has 1 aromatic heterocycles. The summed E-state index contributed by atoms with van der Waals surface area (Å²) in [4.78, 5) is 8.12. The quantitative estimate of drug-likeness (QED) is 0.841. The maximum atomic E-state index is 4.68. The summed E-state index contributed by atoms with van der Waals surface area (Å²) >= 11 is 1.84. The molecule has 1 aromatic carbocycles. The van der Waals surface area contributed by atoms with E-state index in [0.717, 1.165) is 21.9 Å². The van der Waals surface area contributed by atoms with E-state index in [1.807, 2.05) is 11.8 Å². The molecule has 0 radical (unpaired) electrons. The van der Waals surface area contributed by atoms with Crippen molar-refractivity contribution in [3.63, 3.8) is 0 Å². The first-order valence-corrected chi connectivity index (χ1v) is 8.54. The number of piperidine rings is 1. The lowest BCUT2D eigenvalue weighted by atomic mass is 10.0. The van der Waals surface area contributed by atoms with Gasteiger partial charge in [-0.3, -0.25) is 0 Å². The molecule has 1 saturated heterocycles. The SMILES string of the molecule is Cc1cc2nc(SCCC3CCCCN3)[nH]c2cc1C. The average molecular weight is 289 g/mol. The monoisotopic (exact) mass is 289 g/mol. The van der Waals surface area contributed by atoms with Crippen LogP contribution in [-0.4, -0.2) is 28.3 Å². The van der Waals surface area contributed by atoms with Gasteiger partial charge in [-0.2, -0.15) is 0 Å². The number of nitrogens with one attached hydrogen (secondary N) is 2. The molecule has 20 heavy (non-hydrogen) atoms. The number of rotatable bonds is 4. The van der Waals surface area contributed by atoms with Gasteiger partial charge in [-0.05, 0) is 62.9 Å². The Kier molecular flexibility index (Phi) is 4.32. The first-order valence-electron chi connectivity index (χ1n) is 7.55. The summed E-state index contributed by atoms with van der Waals surface area (Å²) in [6.45, 7) is 5.49. The summed E-state index contributed by atoms with van der Waals surface area (Å²) in [5.41, 5.74) is 4.88. The van der Waals surface area contributed by atoms with Crippen LogP contribution in [0.1, 0.15) is 36.8 Å². The van der Waals surface area contributed by atoms with Crippen LogP contribution in [0.2, 0.25) is 0 Å². The van der Waals surface area contributed by atoms with Crippen molar-refractivity contribution in [1.82, 2.24) is 15.3 Å². The van der Waals surface area contributed by atoms with E-state index >= 15 is 0 Å². The van der Waals surface area contributed by atoms with Gasteiger partial charge < -0.3 is 10.3 Å². The second-order valence-corrected chi connectivity index (χ2v) is 6.86. The van der Waals surface area contributed by atoms with Gasteiger partial charge in [0.05, 0.1) is 11.0 Å². The third kappa shape index (κ3) is 3.18. The number of H-pyrrole nitrogens is 1. The summed E-state index contributed by atoms with van der Waals surface area (Å²) in [5, 5.41) is 4.66. The number of aromatic amines is 1. The van der Waals surface area contributed by atoms with Crippen LogP contribution in [0.25, 0.3) is 11.0 Å². The third-order valence-electron chi connectivity index (χ3n) is 4.19. The van der Waals surface area contributed by atoms with Gasteiger partial charge in [0, 0.05) is 11.8 Å². The highest BCUT2D eigenvalue weighted by molar-refractivity contribution is 7.99. The number of aromatic nitrogens is 2. The van der Waals surface area contributed by atoms with Crippen molar-refractivity contribution in [3.8, 4) is 0 Å². The molecule has 1 aliphatic heterocycles. The van der Waals surface area contributed by atoms with Crippen LogP contribution in [0, 0.1) is 13.8 Å². The van der Waals surface area contributed by atoms with Gasteiger partial charge in [0.2, 0.25) is 0 Å². The fraction of sp³-hybridized carbons (Fsp3) is 0.562. The van der Waals surface area contributed by atoms with Gasteiger partial charge in [-0.15, -0.1) is 0 Å². The van der Waals surface area contributed by atoms with E-state index in [1.165, 1.54) is 43.4 Å². The molecule has 1 unspecified atom stereocenters. The van der Waals surface area contributed by atoms with Gasteiger partial charge in [-0.1, -0.05) is 18.2 Å². The molecule has 4 heteroatoms. The van der Waals surface area contributed by atoms with Gasteiger partial charge >= 0.3 is 0 Å². The van der Waals surface area contributed by atoms with Crippen LogP contribution in [-0.2, 0) is 0 Å². The minimum Gasteiger partial charge on any atom is -0.333 e. The Morgan fingerprint density at radius 3 is 2.90 bits per heavy atom. The lowest BCUT2D eigenvalue weighted by Gasteiger charge is -2.22. The average Bonchev–Trinajstić information content (AvgIpc) is 2.82. The molecule has 1 atom stereocenters. The van der Waals surface area contributed by atoms with Gasteiger partial charge in [-0.25, -0.2) is 4.98 Å². The third-order valence-corrected chi connectivity index (χ3v) is 5.10.